The van der Waals surface area contributed by atoms with Crippen molar-refractivity contribution in [3.8, 4) is 0 Å². The van der Waals surface area contributed by atoms with Gasteiger partial charge in [-0.25, -0.2) is 0 Å². The molecule has 0 aliphatic carbocycles. The number of carbonyl (C=O) groups is 1. The maximum Gasteiger partial charge on any atom is 0.303 e. The molecule has 0 heterocycles. The summed E-state index contributed by atoms with van der Waals surface area (Å²) in [6.45, 7) is 1.97. The van der Waals surface area contributed by atoms with E-state index >= 15 is 0 Å². The summed E-state index contributed by atoms with van der Waals surface area (Å²) in [5.74, 6) is -1.02. The number of hydrogen-bond donors (Lipinski definition) is 1. The van der Waals surface area contributed by atoms with E-state index in [1.807, 2.05) is 19.1 Å². The molecule has 0 rings (SSSR count). The van der Waals surface area contributed by atoms with E-state index < -0.39 is 10.9 Å². The second-order valence-electron chi connectivity index (χ2n) is 2.96. The van der Waals surface area contributed by atoms with Gasteiger partial charge in [0.2, 0.25) is 5.70 Å². The smallest absolute Gasteiger partial charge is 0.303 e. The molecule has 0 spiro atoms. The van der Waals surface area contributed by atoms with Crippen LogP contribution in [0.5, 0.6) is 0 Å². The van der Waals surface area contributed by atoms with Crippen molar-refractivity contribution in [2.45, 2.75) is 32.6 Å². The number of hydrogen-bond acceptors (Lipinski definition) is 3. The molecule has 0 saturated carbocycles. The van der Waals surface area contributed by atoms with Crippen molar-refractivity contribution in [3.63, 3.8) is 0 Å². The quantitative estimate of drug-likeness (QED) is 0.400. The third-order valence-electron chi connectivity index (χ3n) is 1.72. The van der Waals surface area contributed by atoms with Gasteiger partial charge in [-0.3, -0.25) is 14.9 Å². The van der Waals surface area contributed by atoms with Crippen LogP contribution in [-0.4, -0.2) is 16.0 Å². The van der Waals surface area contributed by atoms with Crippen LogP contribution in [0.3, 0.4) is 0 Å². The summed E-state index contributed by atoms with van der Waals surface area (Å²) >= 11 is 0. The van der Waals surface area contributed by atoms with Crippen LogP contribution in [0.15, 0.2) is 23.9 Å². The molecule has 5 heteroatoms. The molecule has 15 heavy (non-hydrogen) atoms. The van der Waals surface area contributed by atoms with Gasteiger partial charge in [-0.2, -0.15) is 0 Å². The molecule has 84 valence electrons. The van der Waals surface area contributed by atoms with Gasteiger partial charge in [-0.1, -0.05) is 19.1 Å². The first-order valence-corrected chi connectivity index (χ1v) is 4.78. The predicted molar refractivity (Wildman–Crippen MR) is 56.0 cm³/mol. The van der Waals surface area contributed by atoms with E-state index in [1.54, 1.807) is 0 Å². The van der Waals surface area contributed by atoms with Crippen LogP contribution in [0.4, 0.5) is 0 Å². The van der Waals surface area contributed by atoms with E-state index in [1.165, 1.54) is 6.08 Å². The Morgan fingerprint density at radius 1 is 1.40 bits per heavy atom. The molecule has 5 nitrogen and oxygen atoms in total. The third-order valence-corrected chi connectivity index (χ3v) is 1.72. The van der Waals surface area contributed by atoms with Crippen molar-refractivity contribution in [3.05, 3.63) is 34.0 Å². The van der Waals surface area contributed by atoms with Gasteiger partial charge >= 0.3 is 5.97 Å². The van der Waals surface area contributed by atoms with Crippen LogP contribution in [-0.2, 0) is 4.79 Å². The monoisotopic (exact) mass is 213 g/mol. The van der Waals surface area contributed by atoms with Crippen LogP contribution >= 0.6 is 0 Å². The number of carboxylic acid groups (broad SMARTS) is 1. The lowest BCUT2D eigenvalue weighted by Gasteiger charge is -1.95. The number of nitro groups is 1. The van der Waals surface area contributed by atoms with E-state index in [-0.39, 0.29) is 18.5 Å². The van der Waals surface area contributed by atoms with Gasteiger partial charge in [0.1, 0.15) is 0 Å². The molecule has 0 aliphatic heterocycles. The summed E-state index contributed by atoms with van der Waals surface area (Å²) in [6.07, 6.45) is 6.32. The van der Waals surface area contributed by atoms with Crippen molar-refractivity contribution in [2.75, 3.05) is 0 Å². The van der Waals surface area contributed by atoms with Gasteiger partial charge in [0, 0.05) is 6.42 Å². The molecule has 0 bridgehead atoms. The summed E-state index contributed by atoms with van der Waals surface area (Å²) < 4.78 is 0. The zero-order chi connectivity index (χ0) is 11.7. The Morgan fingerprint density at radius 3 is 2.53 bits per heavy atom. The van der Waals surface area contributed by atoms with Crippen molar-refractivity contribution in [1.82, 2.24) is 0 Å². The lowest BCUT2D eigenvalue weighted by Crippen LogP contribution is -2.02. The normalized spacial score (nSPS) is 11.9. The Hall–Kier alpha value is -1.65. The molecule has 0 fully saturated rings. The van der Waals surface area contributed by atoms with Crippen molar-refractivity contribution in [2.24, 2.45) is 0 Å². The van der Waals surface area contributed by atoms with Crippen LogP contribution < -0.4 is 0 Å². The fourth-order valence-corrected chi connectivity index (χ4v) is 0.970. The van der Waals surface area contributed by atoms with Gasteiger partial charge in [0.25, 0.3) is 0 Å². The van der Waals surface area contributed by atoms with Gasteiger partial charge in [-0.15, -0.1) is 0 Å². The Bertz CT molecular complexity index is 281. The fourth-order valence-electron chi connectivity index (χ4n) is 0.970. The maximum atomic E-state index is 10.5. The predicted octanol–water partition coefficient (Wildman–Crippen LogP) is 2.37. The van der Waals surface area contributed by atoms with Gasteiger partial charge < -0.3 is 5.11 Å². The number of rotatable bonds is 7. The maximum absolute atomic E-state index is 10.5. The average Bonchev–Trinajstić information content (AvgIpc) is 2.15. The molecule has 0 aromatic carbocycles. The number of aliphatic carboxylic acids is 1. The molecule has 0 atom stereocenters. The first-order chi connectivity index (χ1) is 7.07. The summed E-state index contributed by atoms with van der Waals surface area (Å²) in [5.41, 5.74) is -0.0295. The molecule has 0 aromatic heterocycles. The average molecular weight is 213 g/mol. The van der Waals surface area contributed by atoms with Crippen LogP contribution in [0.25, 0.3) is 0 Å². The molecule has 0 saturated heterocycles. The van der Waals surface area contributed by atoms with Crippen molar-refractivity contribution < 1.29 is 14.8 Å². The molecular formula is C10H15NO4. The van der Waals surface area contributed by atoms with Crippen molar-refractivity contribution >= 4 is 5.97 Å². The number of nitrogens with zero attached hydrogens (tertiary/aromatic N) is 1. The first-order valence-electron chi connectivity index (χ1n) is 4.78. The Labute approximate surface area is 88.3 Å². The minimum absolute atomic E-state index is 0.0255. The molecule has 0 aromatic rings. The highest BCUT2D eigenvalue weighted by Gasteiger charge is 2.11. The number of allylic oxidation sites excluding steroid dienone is 4. The largest absolute Gasteiger partial charge is 0.481 e. The lowest BCUT2D eigenvalue weighted by atomic mass is 10.2. The summed E-state index contributed by atoms with van der Waals surface area (Å²) in [5, 5.41) is 18.9. The molecule has 0 amide bonds. The van der Waals surface area contributed by atoms with Crippen molar-refractivity contribution in [1.29, 1.82) is 0 Å². The van der Waals surface area contributed by atoms with Gasteiger partial charge in [0.15, 0.2) is 0 Å². The molecule has 0 unspecified atom stereocenters. The molecular weight excluding hydrogens is 198 g/mol. The number of carboxylic acids is 1. The minimum atomic E-state index is -1.02. The summed E-state index contributed by atoms with van der Waals surface area (Å²) in [7, 11) is 0. The zero-order valence-corrected chi connectivity index (χ0v) is 8.68. The third kappa shape index (κ3) is 7.42. The standard InChI is InChI=1S/C10H15NO4/c1-2-3-4-5-6-9(11(14)15)7-8-10(12)13/h3-4,6H,2,5,7-8H2,1H3,(H,12,13)/b4-3-,9-6+. The first kappa shape index (κ1) is 13.4. The SMILES string of the molecule is CC/C=C\C/C=C(\CCC(=O)O)[N+](=O)[O-]. The molecule has 0 radical (unpaired) electrons. The van der Waals surface area contributed by atoms with E-state index in [0.717, 1.165) is 6.42 Å². The van der Waals surface area contributed by atoms with E-state index in [0.29, 0.717) is 6.42 Å². The highest BCUT2D eigenvalue weighted by Crippen LogP contribution is 2.07. The summed E-state index contributed by atoms with van der Waals surface area (Å²) in [4.78, 5) is 20.2. The highest BCUT2D eigenvalue weighted by atomic mass is 16.6. The van der Waals surface area contributed by atoms with E-state index in [9.17, 15) is 14.9 Å². The Kier molecular flexibility index (Phi) is 6.88. The lowest BCUT2D eigenvalue weighted by molar-refractivity contribution is -0.428. The van der Waals surface area contributed by atoms with Crippen LogP contribution in [0.2, 0.25) is 0 Å². The molecule has 0 aliphatic rings. The fraction of sp³-hybridized carbons (Fsp3) is 0.500. The van der Waals surface area contributed by atoms with E-state index in [2.05, 4.69) is 0 Å². The Balaban J connectivity index is 4.19. The van der Waals surface area contributed by atoms with Gasteiger partial charge in [0.05, 0.1) is 11.3 Å². The van der Waals surface area contributed by atoms with Crippen LogP contribution in [0.1, 0.15) is 32.6 Å². The second kappa shape index (κ2) is 7.73. The minimum Gasteiger partial charge on any atom is -0.481 e. The molecule has 1 N–H and O–H groups in total. The van der Waals surface area contributed by atoms with Gasteiger partial charge in [-0.05, 0) is 18.9 Å². The second-order valence-corrected chi connectivity index (χ2v) is 2.96. The van der Waals surface area contributed by atoms with E-state index in [4.69, 9.17) is 5.11 Å². The highest BCUT2D eigenvalue weighted by molar-refractivity contribution is 5.66. The summed E-state index contributed by atoms with van der Waals surface area (Å²) in [6, 6.07) is 0. The Morgan fingerprint density at radius 2 is 2.07 bits per heavy atom. The van der Waals surface area contributed by atoms with Crippen LogP contribution in [0, 0.1) is 10.1 Å². The zero-order valence-electron chi connectivity index (χ0n) is 8.68. The topological polar surface area (TPSA) is 80.4 Å².